The number of anilines is 1. The van der Waals surface area contributed by atoms with E-state index in [1.54, 1.807) is 0 Å². The quantitative estimate of drug-likeness (QED) is 0.783. The average molecular weight is 286 g/mol. The third-order valence-corrected chi connectivity index (χ3v) is 4.48. The molecule has 4 heteroatoms. The van der Waals surface area contributed by atoms with Crippen LogP contribution in [0.5, 0.6) is 0 Å². The molecule has 21 heavy (non-hydrogen) atoms. The van der Waals surface area contributed by atoms with Crippen molar-refractivity contribution in [2.45, 2.75) is 32.7 Å². The lowest BCUT2D eigenvalue weighted by Crippen LogP contribution is -2.48. The first-order chi connectivity index (χ1) is 10.1. The number of imide groups is 1. The van der Waals surface area contributed by atoms with E-state index < -0.39 is 0 Å². The molecule has 0 N–H and O–H groups in total. The number of amides is 2. The molecule has 2 heterocycles. The maximum Gasteiger partial charge on any atom is 0.251 e. The molecular weight excluding hydrogens is 264 g/mol. The Labute approximate surface area is 125 Å². The molecule has 112 valence electrons. The van der Waals surface area contributed by atoms with E-state index in [0.717, 1.165) is 13.1 Å². The van der Waals surface area contributed by atoms with Crippen molar-refractivity contribution in [2.75, 3.05) is 18.0 Å². The van der Waals surface area contributed by atoms with Crippen LogP contribution in [0, 0.1) is 11.8 Å². The lowest BCUT2D eigenvalue weighted by atomic mass is 9.90. The predicted molar refractivity (Wildman–Crippen MR) is 81.9 cm³/mol. The number of hydrogen-bond acceptors (Lipinski definition) is 3. The standard InChI is InChI=1S/C17H22N2O2/c1-12-8-13(2)11-18(10-12)15-9-16(20)19(17(15)21)14-6-4-3-5-7-14/h3-7,12-13,15H,8-11H2,1-2H3/t12-,13-,15+/m1/s1. The van der Waals surface area contributed by atoms with Crippen LogP contribution in [0.3, 0.4) is 0 Å². The summed E-state index contributed by atoms with van der Waals surface area (Å²) < 4.78 is 0. The highest BCUT2D eigenvalue weighted by Crippen LogP contribution is 2.29. The zero-order valence-corrected chi connectivity index (χ0v) is 12.7. The van der Waals surface area contributed by atoms with Crippen LogP contribution in [-0.2, 0) is 9.59 Å². The summed E-state index contributed by atoms with van der Waals surface area (Å²) in [5.74, 6) is 1.03. The van der Waals surface area contributed by atoms with Crippen molar-refractivity contribution in [3.63, 3.8) is 0 Å². The first-order valence-corrected chi connectivity index (χ1v) is 7.72. The van der Waals surface area contributed by atoms with Crippen LogP contribution in [0.4, 0.5) is 5.69 Å². The van der Waals surface area contributed by atoms with E-state index in [9.17, 15) is 9.59 Å². The third kappa shape index (κ3) is 2.72. The van der Waals surface area contributed by atoms with Crippen molar-refractivity contribution in [3.8, 4) is 0 Å². The maximum absolute atomic E-state index is 12.7. The van der Waals surface area contributed by atoms with Crippen molar-refractivity contribution in [1.82, 2.24) is 4.90 Å². The minimum absolute atomic E-state index is 0.0625. The molecule has 4 nitrogen and oxygen atoms in total. The summed E-state index contributed by atoms with van der Waals surface area (Å²) in [7, 11) is 0. The summed E-state index contributed by atoms with van der Waals surface area (Å²) in [5, 5.41) is 0. The second-order valence-corrected chi connectivity index (χ2v) is 6.52. The van der Waals surface area contributed by atoms with Gasteiger partial charge < -0.3 is 0 Å². The minimum atomic E-state index is -0.275. The summed E-state index contributed by atoms with van der Waals surface area (Å²) in [6, 6.07) is 8.96. The molecule has 0 bridgehead atoms. The van der Waals surface area contributed by atoms with Gasteiger partial charge in [0.2, 0.25) is 5.91 Å². The summed E-state index contributed by atoms with van der Waals surface area (Å²) in [6.45, 7) is 6.27. The molecular formula is C17H22N2O2. The van der Waals surface area contributed by atoms with Crippen molar-refractivity contribution in [3.05, 3.63) is 30.3 Å². The van der Waals surface area contributed by atoms with Gasteiger partial charge in [-0.05, 0) is 30.4 Å². The van der Waals surface area contributed by atoms with Crippen LogP contribution in [0.25, 0.3) is 0 Å². The highest BCUT2D eigenvalue weighted by Gasteiger charge is 2.43. The maximum atomic E-state index is 12.7. The van der Waals surface area contributed by atoms with Crippen LogP contribution in [-0.4, -0.2) is 35.8 Å². The fraction of sp³-hybridized carbons (Fsp3) is 0.529. The number of likely N-dealkylation sites (tertiary alicyclic amines) is 1. The number of rotatable bonds is 2. The van der Waals surface area contributed by atoms with Gasteiger partial charge in [0.1, 0.15) is 0 Å². The smallest absolute Gasteiger partial charge is 0.251 e. The molecule has 2 fully saturated rings. The van der Waals surface area contributed by atoms with Crippen LogP contribution in [0.2, 0.25) is 0 Å². The van der Waals surface area contributed by atoms with Crippen molar-refractivity contribution in [2.24, 2.45) is 11.8 Å². The number of piperidine rings is 1. The van der Waals surface area contributed by atoms with E-state index in [1.807, 2.05) is 30.3 Å². The highest BCUT2D eigenvalue weighted by atomic mass is 16.2. The number of carbonyl (C=O) groups is 2. The van der Waals surface area contributed by atoms with Crippen LogP contribution < -0.4 is 4.90 Å². The summed E-state index contributed by atoms with van der Waals surface area (Å²) >= 11 is 0. The molecule has 0 unspecified atom stereocenters. The first-order valence-electron chi connectivity index (χ1n) is 7.72. The third-order valence-electron chi connectivity index (χ3n) is 4.48. The Kier molecular flexibility index (Phi) is 3.81. The Morgan fingerprint density at radius 3 is 2.24 bits per heavy atom. The molecule has 2 saturated heterocycles. The number of nitrogens with zero attached hydrogens (tertiary/aromatic N) is 2. The van der Waals surface area contributed by atoms with Gasteiger partial charge in [-0.25, -0.2) is 4.90 Å². The van der Waals surface area contributed by atoms with E-state index in [0.29, 0.717) is 23.9 Å². The lowest BCUT2D eigenvalue weighted by molar-refractivity contribution is -0.123. The van der Waals surface area contributed by atoms with Gasteiger partial charge in [0, 0.05) is 13.1 Å². The molecule has 2 aliphatic heterocycles. The Morgan fingerprint density at radius 1 is 1.00 bits per heavy atom. The lowest BCUT2D eigenvalue weighted by Gasteiger charge is -2.37. The highest BCUT2D eigenvalue weighted by molar-refractivity contribution is 6.22. The summed E-state index contributed by atoms with van der Waals surface area (Å²) in [5.41, 5.74) is 0.688. The molecule has 2 amide bonds. The zero-order chi connectivity index (χ0) is 15.0. The fourth-order valence-corrected chi connectivity index (χ4v) is 3.72. The average Bonchev–Trinajstić information content (AvgIpc) is 2.74. The minimum Gasteiger partial charge on any atom is -0.291 e. The van der Waals surface area contributed by atoms with Gasteiger partial charge in [0.05, 0.1) is 18.2 Å². The van der Waals surface area contributed by atoms with Gasteiger partial charge >= 0.3 is 0 Å². The van der Waals surface area contributed by atoms with E-state index in [4.69, 9.17) is 0 Å². The Hall–Kier alpha value is -1.68. The number of hydrogen-bond donors (Lipinski definition) is 0. The van der Waals surface area contributed by atoms with Gasteiger partial charge in [0.25, 0.3) is 5.91 Å². The van der Waals surface area contributed by atoms with Crippen LogP contribution >= 0.6 is 0 Å². The largest absolute Gasteiger partial charge is 0.291 e. The number of para-hydroxylation sites is 1. The normalized spacial score (nSPS) is 31.0. The van der Waals surface area contributed by atoms with Crippen LogP contribution in [0.1, 0.15) is 26.7 Å². The van der Waals surface area contributed by atoms with Gasteiger partial charge in [-0.2, -0.15) is 0 Å². The van der Waals surface area contributed by atoms with Crippen LogP contribution in [0.15, 0.2) is 30.3 Å². The Bertz CT molecular complexity index is 533. The molecule has 0 aromatic heterocycles. The molecule has 0 aliphatic carbocycles. The van der Waals surface area contributed by atoms with E-state index in [-0.39, 0.29) is 17.9 Å². The van der Waals surface area contributed by atoms with Crippen molar-refractivity contribution < 1.29 is 9.59 Å². The molecule has 0 spiro atoms. The number of carbonyl (C=O) groups excluding carboxylic acids is 2. The van der Waals surface area contributed by atoms with Gasteiger partial charge in [0.15, 0.2) is 0 Å². The Balaban J connectivity index is 1.80. The second kappa shape index (κ2) is 5.60. The van der Waals surface area contributed by atoms with Gasteiger partial charge in [-0.15, -0.1) is 0 Å². The predicted octanol–water partition coefficient (Wildman–Crippen LogP) is 2.30. The van der Waals surface area contributed by atoms with Crippen molar-refractivity contribution in [1.29, 1.82) is 0 Å². The molecule has 2 aliphatic rings. The Morgan fingerprint density at radius 2 is 1.62 bits per heavy atom. The van der Waals surface area contributed by atoms with Gasteiger partial charge in [-0.3, -0.25) is 14.5 Å². The van der Waals surface area contributed by atoms with Gasteiger partial charge in [-0.1, -0.05) is 32.0 Å². The topological polar surface area (TPSA) is 40.6 Å². The van der Waals surface area contributed by atoms with E-state index in [2.05, 4.69) is 18.7 Å². The van der Waals surface area contributed by atoms with E-state index >= 15 is 0 Å². The summed E-state index contributed by atoms with van der Waals surface area (Å²) in [6.07, 6.45) is 1.51. The zero-order valence-electron chi connectivity index (χ0n) is 12.7. The first kappa shape index (κ1) is 14.3. The summed E-state index contributed by atoms with van der Waals surface area (Å²) in [4.78, 5) is 28.5. The molecule has 3 atom stereocenters. The molecule has 0 saturated carbocycles. The monoisotopic (exact) mass is 286 g/mol. The SMILES string of the molecule is C[C@@H]1C[C@@H](C)CN([C@H]2CC(=O)N(c3ccccc3)C2=O)C1. The number of benzene rings is 1. The molecule has 3 rings (SSSR count). The van der Waals surface area contributed by atoms with E-state index in [1.165, 1.54) is 11.3 Å². The molecule has 1 aromatic rings. The molecule has 0 radical (unpaired) electrons. The van der Waals surface area contributed by atoms with Crippen molar-refractivity contribution >= 4 is 17.5 Å². The fourth-order valence-electron chi connectivity index (χ4n) is 3.72. The second-order valence-electron chi connectivity index (χ2n) is 6.52. The molecule has 1 aromatic carbocycles.